The number of hydrogen-bond acceptors (Lipinski definition) is 3. The van der Waals surface area contributed by atoms with Gasteiger partial charge in [0.2, 0.25) is 0 Å². The number of hydrogen-bond donors (Lipinski definition) is 1. The fraction of sp³-hybridized carbons (Fsp3) is 0. The standard InChI is InChI=1S/C18H13FN4/c19-14-7-4-8-15(11-14)21-18-12-20-17-10-9-16(22-23(17)18)13-5-2-1-3-6-13/h1-12,21H. The number of rotatable bonds is 3. The van der Waals surface area contributed by atoms with Crippen LogP contribution in [0.5, 0.6) is 0 Å². The summed E-state index contributed by atoms with van der Waals surface area (Å²) >= 11 is 0. The molecule has 2 aromatic carbocycles. The first-order valence-electron chi connectivity index (χ1n) is 7.22. The molecule has 2 heterocycles. The molecule has 0 aliphatic rings. The minimum Gasteiger partial charge on any atom is -0.339 e. The molecule has 112 valence electrons. The van der Waals surface area contributed by atoms with Gasteiger partial charge in [0.1, 0.15) is 5.82 Å². The molecule has 0 saturated carbocycles. The normalized spacial score (nSPS) is 10.8. The van der Waals surface area contributed by atoms with Crippen molar-refractivity contribution in [1.29, 1.82) is 0 Å². The third-order valence-electron chi connectivity index (χ3n) is 3.53. The highest BCUT2D eigenvalue weighted by molar-refractivity contribution is 5.63. The van der Waals surface area contributed by atoms with Crippen LogP contribution in [0.1, 0.15) is 0 Å². The van der Waals surface area contributed by atoms with Gasteiger partial charge in [-0.3, -0.25) is 0 Å². The summed E-state index contributed by atoms with van der Waals surface area (Å²) in [5, 5.41) is 7.77. The lowest BCUT2D eigenvalue weighted by molar-refractivity contribution is 0.628. The van der Waals surface area contributed by atoms with Gasteiger partial charge in [-0.2, -0.15) is 9.61 Å². The second-order valence-electron chi connectivity index (χ2n) is 5.13. The molecule has 4 aromatic rings. The minimum atomic E-state index is -0.290. The van der Waals surface area contributed by atoms with E-state index in [4.69, 9.17) is 0 Å². The fourth-order valence-electron chi connectivity index (χ4n) is 2.44. The molecule has 4 nitrogen and oxygen atoms in total. The fourth-order valence-corrected chi connectivity index (χ4v) is 2.44. The van der Waals surface area contributed by atoms with E-state index in [1.165, 1.54) is 12.1 Å². The summed E-state index contributed by atoms with van der Waals surface area (Å²) < 4.78 is 15.0. The molecule has 0 radical (unpaired) electrons. The van der Waals surface area contributed by atoms with E-state index < -0.39 is 0 Å². The SMILES string of the molecule is Fc1cccc(Nc2cnc3ccc(-c4ccccc4)nn23)c1. The van der Waals surface area contributed by atoms with Crippen LogP contribution in [-0.4, -0.2) is 14.6 Å². The summed E-state index contributed by atoms with van der Waals surface area (Å²) in [6.45, 7) is 0. The Hall–Kier alpha value is -3.21. The number of fused-ring (bicyclic) bond motifs is 1. The van der Waals surface area contributed by atoms with Crippen molar-refractivity contribution >= 4 is 17.2 Å². The molecule has 4 rings (SSSR count). The van der Waals surface area contributed by atoms with Crippen molar-refractivity contribution in [3.8, 4) is 11.3 Å². The van der Waals surface area contributed by atoms with Crippen LogP contribution in [0.2, 0.25) is 0 Å². The van der Waals surface area contributed by atoms with Crippen LogP contribution >= 0.6 is 0 Å². The maximum absolute atomic E-state index is 13.3. The summed E-state index contributed by atoms with van der Waals surface area (Å²) in [7, 11) is 0. The summed E-state index contributed by atoms with van der Waals surface area (Å²) in [4.78, 5) is 4.32. The number of halogens is 1. The predicted octanol–water partition coefficient (Wildman–Crippen LogP) is 4.28. The van der Waals surface area contributed by atoms with Gasteiger partial charge >= 0.3 is 0 Å². The van der Waals surface area contributed by atoms with Gasteiger partial charge in [0.15, 0.2) is 11.5 Å². The Morgan fingerprint density at radius 1 is 0.913 bits per heavy atom. The lowest BCUT2D eigenvalue weighted by Crippen LogP contribution is -2.00. The molecule has 0 bridgehead atoms. The largest absolute Gasteiger partial charge is 0.339 e. The van der Waals surface area contributed by atoms with Crippen molar-refractivity contribution in [2.24, 2.45) is 0 Å². The van der Waals surface area contributed by atoms with E-state index in [-0.39, 0.29) is 5.82 Å². The van der Waals surface area contributed by atoms with E-state index in [2.05, 4.69) is 15.4 Å². The zero-order valence-electron chi connectivity index (χ0n) is 12.1. The minimum absolute atomic E-state index is 0.290. The third-order valence-corrected chi connectivity index (χ3v) is 3.53. The Bertz CT molecular complexity index is 963. The Kier molecular flexibility index (Phi) is 3.24. The summed E-state index contributed by atoms with van der Waals surface area (Å²) in [6, 6.07) is 20.1. The average molecular weight is 304 g/mol. The lowest BCUT2D eigenvalue weighted by Gasteiger charge is -2.07. The monoisotopic (exact) mass is 304 g/mol. The van der Waals surface area contributed by atoms with Crippen molar-refractivity contribution in [3.63, 3.8) is 0 Å². The van der Waals surface area contributed by atoms with Gasteiger partial charge in [-0.05, 0) is 30.3 Å². The first-order chi connectivity index (χ1) is 11.3. The van der Waals surface area contributed by atoms with Crippen LogP contribution < -0.4 is 5.32 Å². The molecule has 5 heteroatoms. The van der Waals surface area contributed by atoms with Gasteiger partial charge in [-0.25, -0.2) is 9.37 Å². The highest BCUT2D eigenvalue weighted by Gasteiger charge is 2.07. The van der Waals surface area contributed by atoms with Gasteiger partial charge in [0.25, 0.3) is 0 Å². The van der Waals surface area contributed by atoms with Crippen LogP contribution in [0.3, 0.4) is 0 Å². The molecule has 0 saturated heterocycles. The Morgan fingerprint density at radius 3 is 2.61 bits per heavy atom. The smallest absolute Gasteiger partial charge is 0.155 e. The van der Waals surface area contributed by atoms with E-state index in [9.17, 15) is 4.39 Å². The van der Waals surface area contributed by atoms with E-state index >= 15 is 0 Å². The second-order valence-corrected chi connectivity index (χ2v) is 5.13. The molecule has 1 N–H and O–H groups in total. The molecule has 0 unspecified atom stereocenters. The van der Waals surface area contributed by atoms with Gasteiger partial charge < -0.3 is 5.32 Å². The van der Waals surface area contributed by atoms with Crippen LogP contribution in [-0.2, 0) is 0 Å². The Balaban J connectivity index is 1.76. The zero-order valence-corrected chi connectivity index (χ0v) is 12.1. The zero-order chi connectivity index (χ0) is 15.6. The predicted molar refractivity (Wildman–Crippen MR) is 88.1 cm³/mol. The van der Waals surface area contributed by atoms with Crippen LogP contribution in [0.25, 0.3) is 16.9 Å². The first kappa shape index (κ1) is 13.5. The molecule has 0 aliphatic heterocycles. The molecule has 0 aliphatic carbocycles. The van der Waals surface area contributed by atoms with E-state index in [1.54, 1.807) is 22.8 Å². The van der Waals surface area contributed by atoms with Crippen molar-refractivity contribution in [1.82, 2.24) is 14.6 Å². The van der Waals surface area contributed by atoms with Crippen LogP contribution in [0.4, 0.5) is 15.9 Å². The second kappa shape index (κ2) is 5.53. The topological polar surface area (TPSA) is 42.2 Å². The van der Waals surface area contributed by atoms with Crippen molar-refractivity contribution in [2.75, 3.05) is 5.32 Å². The Labute approximate surface area is 132 Å². The maximum atomic E-state index is 13.3. The van der Waals surface area contributed by atoms with Gasteiger partial charge in [0.05, 0.1) is 11.9 Å². The van der Waals surface area contributed by atoms with E-state index in [0.717, 1.165) is 16.9 Å². The molecule has 0 fully saturated rings. The molecule has 0 atom stereocenters. The van der Waals surface area contributed by atoms with Gasteiger partial charge in [0, 0.05) is 11.3 Å². The molecule has 23 heavy (non-hydrogen) atoms. The number of nitrogens with one attached hydrogen (secondary N) is 1. The van der Waals surface area contributed by atoms with Crippen molar-refractivity contribution < 1.29 is 4.39 Å². The van der Waals surface area contributed by atoms with E-state index in [1.807, 2.05) is 42.5 Å². The van der Waals surface area contributed by atoms with Crippen molar-refractivity contribution in [2.45, 2.75) is 0 Å². The Morgan fingerprint density at radius 2 is 1.78 bits per heavy atom. The quantitative estimate of drug-likeness (QED) is 0.614. The molecule has 0 amide bonds. The van der Waals surface area contributed by atoms with Crippen LogP contribution in [0.15, 0.2) is 72.9 Å². The third kappa shape index (κ3) is 2.64. The highest BCUT2D eigenvalue weighted by atomic mass is 19.1. The van der Waals surface area contributed by atoms with Crippen molar-refractivity contribution in [3.05, 3.63) is 78.7 Å². The number of anilines is 2. The van der Waals surface area contributed by atoms with E-state index in [0.29, 0.717) is 11.5 Å². The number of imidazole rings is 1. The molecule has 0 spiro atoms. The molecule has 2 aromatic heterocycles. The number of benzene rings is 2. The lowest BCUT2D eigenvalue weighted by atomic mass is 10.1. The summed E-state index contributed by atoms with van der Waals surface area (Å²) in [5.74, 6) is 0.394. The number of nitrogens with zero attached hydrogens (tertiary/aromatic N) is 3. The summed E-state index contributed by atoms with van der Waals surface area (Å²) in [6.07, 6.45) is 1.68. The molecular formula is C18H13FN4. The van der Waals surface area contributed by atoms with Gasteiger partial charge in [-0.1, -0.05) is 36.4 Å². The molecular weight excluding hydrogens is 291 g/mol. The summed E-state index contributed by atoms with van der Waals surface area (Å²) in [5.41, 5.74) is 3.25. The van der Waals surface area contributed by atoms with Crippen LogP contribution in [0, 0.1) is 5.82 Å². The highest BCUT2D eigenvalue weighted by Crippen LogP contribution is 2.21. The van der Waals surface area contributed by atoms with Gasteiger partial charge in [-0.15, -0.1) is 0 Å². The number of aromatic nitrogens is 3. The first-order valence-corrected chi connectivity index (χ1v) is 7.22. The maximum Gasteiger partial charge on any atom is 0.155 e. The average Bonchev–Trinajstić information content (AvgIpc) is 2.98.